The third kappa shape index (κ3) is 2.93. The van der Waals surface area contributed by atoms with E-state index in [1.807, 2.05) is 31.3 Å². The number of nitrogens with one attached hydrogen (secondary N) is 1. The van der Waals surface area contributed by atoms with E-state index in [0.29, 0.717) is 18.5 Å². The number of hydrogen-bond acceptors (Lipinski definition) is 3. The molecule has 0 unspecified atom stereocenters. The molecule has 1 amide bonds. The number of nitrogens with zero attached hydrogens (tertiary/aromatic N) is 2. The van der Waals surface area contributed by atoms with Crippen molar-refractivity contribution in [3.8, 4) is 0 Å². The number of aliphatic carboxylic acids is 1. The number of amides is 1. The summed E-state index contributed by atoms with van der Waals surface area (Å²) in [6.07, 6.45) is 3.78. The van der Waals surface area contributed by atoms with E-state index >= 15 is 0 Å². The van der Waals surface area contributed by atoms with Crippen molar-refractivity contribution in [1.29, 1.82) is 0 Å². The summed E-state index contributed by atoms with van der Waals surface area (Å²) in [5, 5.41) is 17.6. The van der Waals surface area contributed by atoms with Gasteiger partial charge in [0.05, 0.1) is 17.6 Å². The number of benzene rings is 1. The number of carboxylic acids is 1. The molecule has 3 rings (SSSR count). The largest absolute Gasteiger partial charge is 0.480 e. The fourth-order valence-electron chi connectivity index (χ4n) is 3.43. The van der Waals surface area contributed by atoms with Crippen molar-refractivity contribution < 1.29 is 14.7 Å². The number of rotatable bonds is 4. The minimum atomic E-state index is -1.11. The van der Waals surface area contributed by atoms with Crippen LogP contribution in [0.1, 0.15) is 37.8 Å². The maximum absolute atomic E-state index is 12.4. The van der Waals surface area contributed by atoms with Gasteiger partial charge in [0.1, 0.15) is 5.54 Å². The van der Waals surface area contributed by atoms with Gasteiger partial charge in [-0.15, -0.1) is 0 Å². The molecular weight excluding hydrogens is 294 g/mol. The molecule has 122 valence electrons. The SMILES string of the molecule is Cn1nc(CC(=O)NC2(C(=O)O)CCCCC2)c2ccccc21. The minimum Gasteiger partial charge on any atom is -0.480 e. The summed E-state index contributed by atoms with van der Waals surface area (Å²) < 4.78 is 1.74. The number of fused-ring (bicyclic) bond motifs is 1. The van der Waals surface area contributed by atoms with E-state index in [4.69, 9.17) is 0 Å². The van der Waals surface area contributed by atoms with Gasteiger partial charge in [-0.2, -0.15) is 5.10 Å². The Labute approximate surface area is 134 Å². The topological polar surface area (TPSA) is 84.2 Å². The van der Waals surface area contributed by atoms with Crippen LogP contribution in [0.5, 0.6) is 0 Å². The lowest BCUT2D eigenvalue weighted by atomic mass is 9.81. The number of carbonyl (C=O) groups is 2. The zero-order chi connectivity index (χ0) is 16.4. The first kappa shape index (κ1) is 15.5. The van der Waals surface area contributed by atoms with Gasteiger partial charge < -0.3 is 10.4 Å². The molecule has 1 aliphatic rings. The molecule has 6 heteroatoms. The van der Waals surface area contributed by atoms with Crippen molar-refractivity contribution in [2.75, 3.05) is 0 Å². The minimum absolute atomic E-state index is 0.0936. The molecule has 0 spiro atoms. The Morgan fingerprint density at radius 1 is 1.26 bits per heavy atom. The highest BCUT2D eigenvalue weighted by Gasteiger charge is 2.40. The van der Waals surface area contributed by atoms with Gasteiger partial charge in [-0.05, 0) is 18.9 Å². The zero-order valence-electron chi connectivity index (χ0n) is 13.2. The molecule has 1 aliphatic carbocycles. The van der Waals surface area contributed by atoms with E-state index in [2.05, 4.69) is 10.4 Å². The molecule has 0 saturated heterocycles. The van der Waals surface area contributed by atoms with Crippen molar-refractivity contribution in [3.05, 3.63) is 30.0 Å². The summed E-state index contributed by atoms with van der Waals surface area (Å²) in [5.41, 5.74) is 0.526. The van der Waals surface area contributed by atoms with E-state index in [1.165, 1.54) is 0 Å². The predicted molar refractivity (Wildman–Crippen MR) is 86.0 cm³/mol. The van der Waals surface area contributed by atoms with Crippen LogP contribution in [0.2, 0.25) is 0 Å². The van der Waals surface area contributed by atoms with Crippen molar-refractivity contribution in [2.24, 2.45) is 7.05 Å². The third-order valence-electron chi connectivity index (χ3n) is 4.66. The summed E-state index contributed by atoms with van der Waals surface area (Å²) in [6, 6.07) is 7.71. The molecule has 0 radical (unpaired) electrons. The van der Waals surface area contributed by atoms with Gasteiger partial charge in [-0.25, -0.2) is 4.79 Å². The third-order valence-corrected chi connectivity index (χ3v) is 4.66. The number of carboxylic acid groups (broad SMARTS) is 1. The number of hydrogen-bond donors (Lipinski definition) is 2. The maximum Gasteiger partial charge on any atom is 0.329 e. The smallest absolute Gasteiger partial charge is 0.329 e. The van der Waals surface area contributed by atoms with Crippen molar-refractivity contribution >= 4 is 22.8 Å². The summed E-state index contributed by atoms with van der Waals surface area (Å²) in [7, 11) is 1.84. The monoisotopic (exact) mass is 315 g/mol. The second-order valence-corrected chi connectivity index (χ2v) is 6.26. The molecule has 1 fully saturated rings. The zero-order valence-corrected chi connectivity index (χ0v) is 13.2. The van der Waals surface area contributed by atoms with Gasteiger partial charge in [0.25, 0.3) is 0 Å². The Morgan fingerprint density at radius 2 is 1.96 bits per heavy atom. The fourth-order valence-corrected chi connectivity index (χ4v) is 3.43. The highest BCUT2D eigenvalue weighted by molar-refractivity contribution is 5.91. The van der Waals surface area contributed by atoms with Crippen LogP contribution < -0.4 is 5.32 Å². The van der Waals surface area contributed by atoms with Crippen LogP contribution in [0.4, 0.5) is 0 Å². The van der Waals surface area contributed by atoms with Crippen LogP contribution in [0.3, 0.4) is 0 Å². The molecule has 0 bridgehead atoms. The molecule has 6 nitrogen and oxygen atoms in total. The first-order valence-corrected chi connectivity index (χ1v) is 7.97. The summed E-state index contributed by atoms with van der Waals surface area (Å²) in [4.78, 5) is 24.1. The molecular formula is C17H21N3O3. The Hall–Kier alpha value is -2.37. The van der Waals surface area contributed by atoms with E-state index in [-0.39, 0.29) is 12.3 Å². The molecule has 0 aliphatic heterocycles. The van der Waals surface area contributed by atoms with Gasteiger partial charge in [0.15, 0.2) is 0 Å². The highest BCUT2D eigenvalue weighted by atomic mass is 16.4. The molecule has 2 N–H and O–H groups in total. The lowest BCUT2D eigenvalue weighted by Gasteiger charge is -2.33. The van der Waals surface area contributed by atoms with Crippen molar-refractivity contribution in [3.63, 3.8) is 0 Å². The Morgan fingerprint density at radius 3 is 2.65 bits per heavy atom. The summed E-state index contributed by atoms with van der Waals surface area (Å²) in [6.45, 7) is 0. The molecule has 2 aromatic rings. The molecule has 1 saturated carbocycles. The quantitative estimate of drug-likeness (QED) is 0.904. The van der Waals surface area contributed by atoms with Crippen LogP contribution in [0, 0.1) is 0 Å². The van der Waals surface area contributed by atoms with Crippen LogP contribution in [0.15, 0.2) is 24.3 Å². The van der Waals surface area contributed by atoms with Crippen LogP contribution in [-0.4, -0.2) is 32.3 Å². The second kappa shape index (κ2) is 6.02. The highest BCUT2D eigenvalue weighted by Crippen LogP contribution is 2.28. The molecule has 0 atom stereocenters. The van der Waals surface area contributed by atoms with Crippen LogP contribution in [-0.2, 0) is 23.1 Å². The normalized spacial score (nSPS) is 17.1. The van der Waals surface area contributed by atoms with Crippen molar-refractivity contribution in [1.82, 2.24) is 15.1 Å². The van der Waals surface area contributed by atoms with E-state index < -0.39 is 11.5 Å². The van der Waals surface area contributed by atoms with E-state index in [1.54, 1.807) is 4.68 Å². The average Bonchev–Trinajstić information content (AvgIpc) is 2.84. The number of para-hydroxylation sites is 1. The summed E-state index contributed by atoms with van der Waals surface area (Å²) >= 11 is 0. The van der Waals surface area contributed by atoms with E-state index in [9.17, 15) is 14.7 Å². The maximum atomic E-state index is 12.4. The molecule has 1 aromatic heterocycles. The average molecular weight is 315 g/mol. The Kier molecular flexibility index (Phi) is 4.07. The molecule has 23 heavy (non-hydrogen) atoms. The van der Waals surface area contributed by atoms with Gasteiger partial charge in [-0.1, -0.05) is 37.5 Å². The standard InChI is InChI=1S/C17H21N3O3/c1-20-14-8-4-3-7-12(14)13(19-20)11-15(21)18-17(16(22)23)9-5-2-6-10-17/h3-4,7-8H,2,5-6,9-11H2,1H3,(H,18,21)(H,22,23). The summed E-state index contributed by atoms with van der Waals surface area (Å²) in [5.74, 6) is -1.21. The molecule has 1 aromatic carbocycles. The number of aryl methyl sites for hydroxylation is 1. The Bertz CT molecular complexity index is 745. The second-order valence-electron chi connectivity index (χ2n) is 6.26. The lowest BCUT2D eigenvalue weighted by Crippen LogP contribution is -2.56. The van der Waals surface area contributed by atoms with Crippen LogP contribution >= 0.6 is 0 Å². The number of carbonyl (C=O) groups excluding carboxylic acids is 1. The Balaban J connectivity index is 1.79. The first-order chi connectivity index (χ1) is 11.0. The lowest BCUT2D eigenvalue weighted by molar-refractivity contribution is -0.149. The van der Waals surface area contributed by atoms with Gasteiger partial charge in [0, 0.05) is 12.4 Å². The van der Waals surface area contributed by atoms with Gasteiger partial charge in [0.2, 0.25) is 5.91 Å². The van der Waals surface area contributed by atoms with Gasteiger partial charge >= 0.3 is 5.97 Å². The fraction of sp³-hybridized carbons (Fsp3) is 0.471. The first-order valence-electron chi connectivity index (χ1n) is 7.97. The molecule has 1 heterocycles. The van der Waals surface area contributed by atoms with Gasteiger partial charge in [-0.3, -0.25) is 9.48 Å². The van der Waals surface area contributed by atoms with Crippen LogP contribution in [0.25, 0.3) is 10.9 Å². The van der Waals surface area contributed by atoms with E-state index in [0.717, 1.165) is 30.2 Å². The number of aromatic nitrogens is 2. The predicted octanol–water partition coefficient (Wildman–Crippen LogP) is 2.02. The van der Waals surface area contributed by atoms with Crippen molar-refractivity contribution in [2.45, 2.75) is 44.1 Å².